The SMILES string of the molecule is Cc1noc([C@@H](C)[S@@](=O)Cc2ccccc2F)n1. The van der Waals surface area contributed by atoms with Gasteiger partial charge in [0.1, 0.15) is 11.1 Å². The first-order valence-corrected chi connectivity index (χ1v) is 6.87. The van der Waals surface area contributed by atoms with Gasteiger partial charge in [0.2, 0.25) is 5.89 Å². The van der Waals surface area contributed by atoms with Gasteiger partial charge in [-0.25, -0.2) is 4.39 Å². The summed E-state index contributed by atoms with van der Waals surface area (Å²) in [6, 6.07) is 6.30. The second kappa shape index (κ2) is 5.39. The summed E-state index contributed by atoms with van der Waals surface area (Å²) in [5, 5.41) is 3.24. The van der Waals surface area contributed by atoms with Crippen LogP contribution in [0.5, 0.6) is 0 Å². The van der Waals surface area contributed by atoms with E-state index in [9.17, 15) is 8.60 Å². The normalized spacial score (nSPS) is 14.4. The number of rotatable bonds is 4. The van der Waals surface area contributed by atoms with E-state index in [0.717, 1.165) is 0 Å². The van der Waals surface area contributed by atoms with Crippen molar-refractivity contribution in [3.05, 3.63) is 47.4 Å². The molecule has 6 heteroatoms. The quantitative estimate of drug-likeness (QED) is 0.855. The average Bonchev–Trinajstić information content (AvgIpc) is 2.78. The molecule has 2 aromatic rings. The molecule has 0 radical (unpaired) electrons. The number of aromatic nitrogens is 2. The van der Waals surface area contributed by atoms with Gasteiger partial charge in [0.15, 0.2) is 5.82 Å². The molecule has 0 bridgehead atoms. The molecule has 0 unspecified atom stereocenters. The van der Waals surface area contributed by atoms with E-state index >= 15 is 0 Å². The Hall–Kier alpha value is -1.56. The van der Waals surface area contributed by atoms with Crippen molar-refractivity contribution in [2.45, 2.75) is 24.9 Å². The van der Waals surface area contributed by atoms with Crippen molar-refractivity contribution < 1.29 is 13.1 Å². The predicted molar refractivity (Wildman–Crippen MR) is 65.7 cm³/mol. The van der Waals surface area contributed by atoms with E-state index in [4.69, 9.17) is 4.52 Å². The van der Waals surface area contributed by atoms with E-state index in [0.29, 0.717) is 17.3 Å². The Morgan fingerprint density at radius 1 is 1.44 bits per heavy atom. The van der Waals surface area contributed by atoms with Crippen LogP contribution in [0.15, 0.2) is 28.8 Å². The van der Waals surface area contributed by atoms with Crippen molar-refractivity contribution in [3.63, 3.8) is 0 Å². The Kier molecular flexibility index (Phi) is 3.86. The zero-order valence-electron chi connectivity index (χ0n) is 10.1. The number of aryl methyl sites for hydroxylation is 1. The fourth-order valence-electron chi connectivity index (χ4n) is 1.48. The highest BCUT2D eigenvalue weighted by Crippen LogP contribution is 2.21. The lowest BCUT2D eigenvalue weighted by Gasteiger charge is -2.07. The molecule has 1 heterocycles. The van der Waals surface area contributed by atoms with Gasteiger partial charge >= 0.3 is 0 Å². The summed E-state index contributed by atoms with van der Waals surface area (Å²) in [5.41, 5.74) is 0.430. The summed E-state index contributed by atoms with van der Waals surface area (Å²) < 4.78 is 30.5. The summed E-state index contributed by atoms with van der Waals surface area (Å²) in [5.74, 6) is 0.608. The van der Waals surface area contributed by atoms with Crippen LogP contribution in [0, 0.1) is 12.7 Å². The van der Waals surface area contributed by atoms with Crippen LogP contribution < -0.4 is 0 Å². The molecule has 96 valence electrons. The van der Waals surface area contributed by atoms with Crippen molar-refractivity contribution in [3.8, 4) is 0 Å². The van der Waals surface area contributed by atoms with E-state index in [2.05, 4.69) is 10.1 Å². The highest BCUT2D eigenvalue weighted by molar-refractivity contribution is 7.84. The molecule has 2 atom stereocenters. The molecule has 0 amide bonds. The monoisotopic (exact) mass is 268 g/mol. The number of benzene rings is 1. The van der Waals surface area contributed by atoms with Gasteiger partial charge in [-0.1, -0.05) is 23.4 Å². The number of nitrogens with zero attached hydrogens (tertiary/aromatic N) is 2. The first-order chi connectivity index (χ1) is 8.58. The van der Waals surface area contributed by atoms with Crippen LogP contribution in [-0.4, -0.2) is 14.3 Å². The summed E-state index contributed by atoms with van der Waals surface area (Å²) in [6.45, 7) is 3.42. The fourth-order valence-corrected chi connectivity index (χ4v) is 2.60. The van der Waals surface area contributed by atoms with Gasteiger partial charge < -0.3 is 4.52 Å². The molecule has 0 saturated heterocycles. The van der Waals surface area contributed by atoms with Crippen LogP contribution in [0.4, 0.5) is 4.39 Å². The van der Waals surface area contributed by atoms with Crippen molar-refractivity contribution >= 4 is 10.8 Å². The molecular weight excluding hydrogens is 255 g/mol. The van der Waals surface area contributed by atoms with Gasteiger partial charge in [-0.3, -0.25) is 4.21 Å². The lowest BCUT2D eigenvalue weighted by Crippen LogP contribution is -2.07. The second-order valence-electron chi connectivity index (χ2n) is 3.94. The Bertz CT molecular complexity index is 571. The molecule has 0 saturated carbocycles. The van der Waals surface area contributed by atoms with Crippen molar-refractivity contribution in [2.75, 3.05) is 0 Å². The highest BCUT2D eigenvalue weighted by atomic mass is 32.2. The standard InChI is InChI=1S/C12H13FN2O2S/c1-8(12-14-9(2)15-17-12)18(16)7-10-5-3-4-6-11(10)13/h3-6,8H,7H2,1-2H3/t8-,18+/m1/s1. The maximum absolute atomic E-state index is 13.4. The smallest absolute Gasteiger partial charge is 0.242 e. The maximum atomic E-state index is 13.4. The van der Waals surface area contributed by atoms with E-state index in [1.165, 1.54) is 6.07 Å². The van der Waals surface area contributed by atoms with Crippen LogP contribution in [0.3, 0.4) is 0 Å². The predicted octanol–water partition coefficient (Wildman–Crippen LogP) is 2.53. The molecule has 2 rings (SSSR count). The third-order valence-electron chi connectivity index (χ3n) is 2.54. The van der Waals surface area contributed by atoms with Crippen molar-refractivity contribution in [1.29, 1.82) is 0 Å². The lowest BCUT2D eigenvalue weighted by atomic mass is 10.2. The zero-order chi connectivity index (χ0) is 13.1. The van der Waals surface area contributed by atoms with Gasteiger partial charge in [-0.2, -0.15) is 4.98 Å². The first kappa shape index (κ1) is 12.9. The molecule has 0 aliphatic rings. The summed E-state index contributed by atoms with van der Waals surface area (Å²) in [7, 11) is -1.30. The molecule has 1 aromatic heterocycles. The third-order valence-corrected chi connectivity index (χ3v) is 4.13. The largest absolute Gasteiger partial charge is 0.338 e. The molecule has 4 nitrogen and oxygen atoms in total. The maximum Gasteiger partial charge on any atom is 0.242 e. The van der Waals surface area contributed by atoms with Crippen LogP contribution in [0.25, 0.3) is 0 Å². The van der Waals surface area contributed by atoms with Crippen LogP contribution in [0.1, 0.15) is 29.5 Å². The minimum absolute atomic E-state index is 0.134. The molecule has 1 aromatic carbocycles. The molecule has 0 fully saturated rings. The van der Waals surface area contributed by atoms with Crippen LogP contribution >= 0.6 is 0 Å². The van der Waals surface area contributed by atoms with Gasteiger partial charge in [0, 0.05) is 16.4 Å². The minimum Gasteiger partial charge on any atom is -0.338 e. The summed E-state index contributed by atoms with van der Waals surface area (Å²) >= 11 is 0. The molecule has 0 N–H and O–H groups in total. The molecule has 0 aliphatic carbocycles. The van der Waals surface area contributed by atoms with Crippen LogP contribution in [0.2, 0.25) is 0 Å². The van der Waals surface area contributed by atoms with Crippen molar-refractivity contribution in [1.82, 2.24) is 10.1 Å². The van der Waals surface area contributed by atoms with E-state index in [1.54, 1.807) is 32.0 Å². The Morgan fingerprint density at radius 3 is 2.78 bits per heavy atom. The highest BCUT2D eigenvalue weighted by Gasteiger charge is 2.20. The number of hydrogen-bond donors (Lipinski definition) is 0. The average molecular weight is 268 g/mol. The lowest BCUT2D eigenvalue weighted by molar-refractivity contribution is 0.375. The van der Waals surface area contributed by atoms with Gasteiger partial charge in [-0.15, -0.1) is 0 Å². The summed E-state index contributed by atoms with van der Waals surface area (Å²) in [6.07, 6.45) is 0. The summed E-state index contributed by atoms with van der Waals surface area (Å²) in [4.78, 5) is 4.03. The Balaban J connectivity index is 2.11. The van der Waals surface area contributed by atoms with Gasteiger partial charge in [-0.05, 0) is 19.9 Å². The molecule has 0 spiro atoms. The Morgan fingerprint density at radius 2 is 2.17 bits per heavy atom. The third kappa shape index (κ3) is 2.81. The van der Waals surface area contributed by atoms with E-state index in [-0.39, 0.29) is 11.6 Å². The van der Waals surface area contributed by atoms with E-state index in [1.807, 2.05) is 0 Å². The van der Waals surface area contributed by atoms with Gasteiger partial charge in [0.05, 0.1) is 5.75 Å². The zero-order valence-corrected chi connectivity index (χ0v) is 10.9. The fraction of sp³-hybridized carbons (Fsp3) is 0.333. The number of halogens is 1. The first-order valence-electron chi connectivity index (χ1n) is 5.48. The molecule has 18 heavy (non-hydrogen) atoms. The molecular formula is C12H13FN2O2S. The van der Waals surface area contributed by atoms with E-state index < -0.39 is 16.0 Å². The topological polar surface area (TPSA) is 56.0 Å². The Labute approximate surface area is 107 Å². The van der Waals surface area contributed by atoms with Gasteiger partial charge in [0.25, 0.3) is 0 Å². The molecule has 0 aliphatic heterocycles. The second-order valence-corrected chi connectivity index (χ2v) is 5.70. The minimum atomic E-state index is -1.30. The number of hydrogen-bond acceptors (Lipinski definition) is 4. The van der Waals surface area contributed by atoms with Crippen LogP contribution in [-0.2, 0) is 16.6 Å². The van der Waals surface area contributed by atoms with Crippen molar-refractivity contribution in [2.24, 2.45) is 0 Å².